The third kappa shape index (κ3) is 35.9. The molecule has 0 aromatic carbocycles. The number of rotatable bonds is 41. The summed E-state index contributed by atoms with van der Waals surface area (Å²) in [5.74, 6) is 1.08. The van der Waals surface area contributed by atoms with Crippen molar-refractivity contribution in [2.24, 2.45) is 11.8 Å². The van der Waals surface area contributed by atoms with Gasteiger partial charge in [-0.15, -0.1) is 0 Å². The molecule has 0 rings (SSSR count). The lowest BCUT2D eigenvalue weighted by atomic mass is 9.90. The van der Waals surface area contributed by atoms with Crippen LogP contribution in [0.4, 0.5) is 0 Å². The summed E-state index contributed by atoms with van der Waals surface area (Å²) in [5, 5.41) is 0. The molecule has 0 saturated carbocycles. The van der Waals surface area contributed by atoms with Gasteiger partial charge in [-0.05, 0) is 103 Å². The zero-order valence-corrected chi connectivity index (χ0v) is 36.3. The lowest BCUT2D eigenvalue weighted by Gasteiger charge is -2.20. The normalized spacial score (nSPS) is 12.3. The Labute approximate surface area is 326 Å². The van der Waals surface area contributed by atoms with Gasteiger partial charge in [0.15, 0.2) is 0 Å². The molecule has 0 aromatic rings. The number of carbonyl (C=O) groups excluding carboxylic acids is 2. The van der Waals surface area contributed by atoms with Gasteiger partial charge in [0, 0.05) is 12.8 Å². The molecule has 1 atom stereocenters. The van der Waals surface area contributed by atoms with Crippen LogP contribution in [0, 0.1) is 11.8 Å². The standard InChI is InChI=1S/C47H93NO4/c1-7-11-15-19-24-33-44(34-25-20-16-12-8-2)42-51-46(49)39-30-35-43(32-26-23-29-41-48(5)6)36-31-40-47(50)52-45(37-27-21-17-13-9-3)38-28-22-18-14-10-4/h43-45H,7-42H2,1-6H3. The fraction of sp³-hybridized carbons (Fsp3) is 0.957. The fourth-order valence-electron chi connectivity index (χ4n) is 7.67. The molecule has 0 saturated heterocycles. The van der Waals surface area contributed by atoms with Gasteiger partial charge < -0.3 is 14.4 Å². The van der Waals surface area contributed by atoms with Gasteiger partial charge in [0.2, 0.25) is 0 Å². The van der Waals surface area contributed by atoms with E-state index in [0.717, 1.165) is 45.1 Å². The van der Waals surface area contributed by atoms with Crippen LogP contribution in [0.5, 0.6) is 0 Å². The van der Waals surface area contributed by atoms with Crippen LogP contribution in [0.2, 0.25) is 0 Å². The number of hydrogen-bond acceptors (Lipinski definition) is 5. The zero-order chi connectivity index (χ0) is 38.3. The van der Waals surface area contributed by atoms with E-state index in [9.17, 15) is 9.59 Å². The highest BCUT2D eigenvalue weighted by Crippen LogP contribution is 2.25. The minimum absolute atomic E-state index is 0.00529. The second kappa shape index (κ2) is 39.6. The highest BCUT2D eigenvalue weighted by Gasteiger charge is 2.17. The molecule has 0 spiro atoms. The van der Waals surface area contributed by atoms with Gasteiger partial charge in [0.1, 0.15) is 6.10 Å². The lowest BCUT2D eigenvalue weighted by Crippen LogP contribution is -2.18. The fourth-order valence-corrected chi connectivity index (χ4v) is 7.67. The van der Waals surface area contributed by atoms with Crippen LogP contribution in [0.1, 0.15) is 246 Å². The SMILES string of the molecule is CCCCCCCC(CCCCCCC)COC(=O)CCCC(CCCCCN(C)C)CCCC(=O)OC(CCCCCCC)CCCCCCC. The van der Waals surface area contributed by atoms with Crippen molar-refractivity contribution < 1.29 is 19.1 Å². The molecule has 5 nitrogen and oxygen atoms in total. The number of hydrogen-bond donors (Lipinski definition) is 0. The van der Waals surface area contributed by atoms with Crippen LogP contribution >= 0.6 is 0 Å². The summed E-state index contributed by atoms with van der Waals surface area (Å²) in [5.41, 5.74) is 0. The first-order valence-electron chi connectivity index (χ1n) is 23.4. The Hall–Kier alpha value is -1.10. The molecule has 52 heavy (non-hydrogen) atoms. The summed E-state index contributed by atoms with van der Waals surface area (Å²) in [4.78, 5) is 28.2. The molecule has 5 heteroatoms. The molecule has 0 N–H and O–H groups in total. The van der Waals surface area contributed by atoms with Gasteiger partial charge in [0.05, 0.1) is 6.61 Å². The van der Waals surface area contributed by atoms with Gasteiger partial charge >= 0.3 is 11.9 Å². The number of ether oxygens (including phenoxy) is 2. The molecule has 0 heterocycles. The van der Waals surface area contributed by atoms with Crippen molar-refractivity contribution in [2.75, 3.05) is 27.2 Å². The van der Waals surface area contributed by atoms with E-state index in [-0.39, 0.29) is 18.0 Å². The van der Waals surface area contributed by atoms with E-state index in [1.54, 1.807) is 0 Å². The Morgan fingerprint density at radius 2 is 0.788 bits per heavy atom. The Bertz CT molecular complexity index is 728. The maximum atomic E-state index is 13.0. The van der Waals surface area contributed by atoms with E-state index in [1.807, 2.05) is 0 Å². The lowest BCUT2D eigenvalue weighted by molar-refractivity contribution is -0.150. The highest BCUT2D eigenvalue weighted by atomic mass is 16.5. The molecule has 0 aromatic heterocycles. The second-order valence-electron chi connectivity index (χ2n) is 16.8. The second-order valence-corrected chi connectivity index (χ2v) is 16.8. The molecule has 0 aliphatic rings. The van der Waals surface area contributed by atoms with Crippen LogP contribution in [0.15, 0.2) is 0 Å². The first kappa shape index (κ1) is 50.9. The smallest absolute Gasteiger partial charge is 0.306 e. The van der Waals surface area contributed by atoms with Gasteiger partial charge in [-0.1, -0.05) is 163 Å². The molecule has 0 aliphatic heterocycles. The van der Waals surface area contributed by atoms with Crippen molar-refractivity contribution in [3.8, 4) is 0 Å². The summed E-state index contributed by atoms with van der Waals surface area (Å²) in [6, 6.07) is 0. The molecule has 0 bridgehead atoms. The summed E-state index contributed by atoms with van der Waals surface area (Å²) in [7, 11) is 4.29. The van der Waals surface area contributed by atoms with Crippen LogP contribution in [0.3, 0.4) is 0 Å². The molecule has 1 unspecified atom stereocenters. The Morgan fingerprint density at radius 3 is 1.23 bits per heavy atom. The first-order valence-corrected chi connectivity index (χ1v) is 23.4. The van der Waals surface area contributed by atoms with Crippen molar-refractivity contribution in [3.05, 3.63) is 0 Å². The molecular formula is C47H93NO4. The third-order valence-corrected chi connectivity index (χ3v) is 11.2. The van der Waals surface area contributed by atoms with E-state index < -0.39 is 0 Å². The molecule has 0 fully saturated rings. The van der Waals surface area contributed by atoms with Crippen LogP contribution in [0.25, 0.3) is 0 Å². The first-order chi connectivity index (χ1) is 25.4. The predicted octanol–water partition coefficient (Wildman–Crippen LogP) is 14.6. The highest BCUT2D eigenvalue weighted by molar-refractivity contribution is 5.69. The number of nitrogens with zero attached hydrogens (tertiary/aromatic N) is 1. The number of esters is 2. The number of unbranched alkanes of at least 4 members (excludes halogenated alkanes) is 18. The topological polar surface area (TPSA) is 55.8 Å². The van der Waals surface area contributed by atoms with Gasteiger partial charge in [-0.3, -0.25) is 9.59 Å². The van der Waals surface area contributed by atoms with Crippen molar-refractivity contribution in [1.29, 1.82) is 0 Å². The third-order valence-electron chi connectivity index (χ3n) is 11.2. The van der Waals surface area contributed by atoms with Gasteiger partial charge in [-0.25, -0.2) is 0 Å². The van der Waals surface area contributed by atoms with Crippen molar-refractivity contribution >= 4 is 11.9 Å². The summed E-state index contributed by atoms with van der Waals surface area (Å²) < 4.78 is 12.0. The van der Waals surface area contributed by atoms with E-state index >= 15 is 0 Å². The maximum absolute atomic E-state index is 13.0. The maximum Gasteiger partial charge on any atom is 0.306 e. The van der Waals surface area contributed by atoms with E-state index in [0.29, 0.717) is 31.3 Å². The summed E-state index contributed by atoms with van der Waals surface area (Å²) in [6.07, 6.45) is 39.9. The average molecular weight is 736 g/mol. The molecule has 0 radical (unpaired) electrons. The van der Waals surface area contributed by atoms with E-state index in [2.05, 4.69) is 46.7 Å². The Balaban J connectivity index is 4.86. The van der Waals surface area contributed by atoms with Crippen molar-refractivity contribution in [2.45, 2.75) is 252 Å². The van der Waals surface area contributed by atoms with Crippen LogP contribution in [-0.4, -0.2) is 50.2 Å². The summed E-state index contributed by atoms with van der Waals surface area (Å²) >= 11 is 0. The molecule has 0 aliphatic carbocycles. The minimum atomic E-state index is -0.00860. The average Bonchev–Trinajstić information content (AvgIpc) is 3.12. The largest absolute Gasteiger partial charge is 0.465 e. The summed E-state index contributed by atoms with van der Waals surface area (Å²) in [6.45, 7) is 10.8. The molecular weight excluding hydrogens is 643 g/mol. The predicted molar refractivity (Wildman–Crippen MR) is 226 cm³/mol. The monoisotopic (exact) mass is 736 g/mol. The number of carbonyl (C=O) groups is 2. The Morgan fingerprint density at radius 1 is 0.423 bits per heavy atom. The van der Waals surface area contributed by atoms with Crippen molar-refractivity contribution in [1.82, 2.24) is 4.90 Å². The van der Waals surface area contributed by atoms with Crippen molar-refractivity contribution in [3.63, 3.8) is 0 Å². The van der Waals surface area contributed by atoms with Crippen LogP contribution < -0.4 is 0 Å². The van der Waals surface area contributed by atoms with Gasteiger partial charge in [-0.2, -0.15) is 0 Å². The molecule has 0 amide bonds. The Kier molecular flexibility index (Phi) is 38.8. The quantitative estimate of drug-likeness (QED) is 0.0462. The van der Waals surface area contributed by atoms with Gasteiger partial charge in [0.25, 0.3) is 0 Å². The zero-order valence-electron chi connectivity index (χ0n) is 36.3. The van der Waals surface area contributed by atoms with E-state index in [1.165, 1.54) is 167 Å². The van der Waals surface area contributed by atoms with Crippen LogP contribution in [-0.2, 0) is 19.1 Å². The van der Waals surface area contributed by atoms with E-state index in [4.69, 9.17) is 9.47 Å². The minimum Gasteiger partial charge on any atom is -0.465 e. The molecule has 310 valence electrons.